The average Bonchev–Trinajstić information content (AvgIpc) is 2.67. The molecule has 1 aromatic carbocycles. The van der Waals surface area contributed by atoms with E-state index in [4.69, 9.17) is 0 Å². The fourth-order valence-corrected chi connectivity index (χ4v) is 2.79. The Morgan fingerprint density at radius 2 is 1.75 bits per heavy atom. The highest BCUT2D eigenvalue weighted by Gasteiger charge is 2.14. The van der Waals surface area contributed by atoms with E-state index in [1.165, 1.54) is 0 Å². The van der Waals surface area contributed by atoms with Crippen LogP contribution in [0.3, 0.4) is 0 Å². The Hall–Kier alpha value is -1.27. The van der Waals surface area contributed by atoms with Gasteiger partial charge in [0.05, 0.1) is 0 Å². The molecule has 84 valence electrons. The third-order valence-electron chi connectivity index (χ3n) is 2.02. The normalized spacial score (nSPS) is 11.6. The van der Waals surface area contributed by atoms with E-state index < -0.39 is 9.84 Å². The van der Waals surface area contributed by atoms with Crippen LogP contribution in [0, 0.1) is 6.92 Å². The summed E-state index contributed by atoms with van der Waals surface area (Å²) in [4.78, 5) is 0. The molecule has 1 heterocycles. The minimum absolute atomic E-state index is 0.0584. The Bertz CT molecular complexity index is 600. The Morgan fingerprint density at radius 1 is 1.12 bits per heavy atom. The van der Waals surface area contributed by atoms with Gasteiger partial charge in [-0.2, -0.15) is 0 Å². The summed E-state index contributed by atoms with van der Waals surface area (Å²) in [5, 5.41) is 8.16. The predicted molar refractivity (Wildman–Crippen MR) is 63.2 cm³/mol. The number of aryl methyl sites for hydroxylation is 1. The minimum atomic E-state index is -3.25. The molecule has 16 heavy (non-hydrogen) atoms. The fraction of sp³-hybridized carbons (Fsp3) is 0.200. The van der Waals surface area contributed by atoms with E-state index in [0.717, 1.165) is 28.7 Å². The number of hydrogen-bond donors (Lipinski definition) is 0. The van der Waals surface area contributed by atoms with E-state index in [1.807, 2.05) is 31.2 Å². The molecular weight excluding hydrogens is 244 g/mol. The van der Waals surface area contributed by atoms with E-state index in [9.17, 15) is 8.42 Å². The molecule has 6 heteroatoms. The summed E-state index contributed by atoms with van der Waals surface area (Å²) >= 11 is 1.09. The van der Waals surface area contributed by atoms with Crippen LogP contribution in [-0.2, 0) is 9.84 Å². The van der Waals surface area contributed by atoms with Crippen LogP contribution in [0.15, 0.2) is 28.6 Å². The molecule has 1 aromatic heterocycles. The topological polar surface area (TPSA) is 59.9 Å². The van der Waals surface area contributed by atoms with Crippen LogP contribution in [0.1, 0.15) is 5.56 Å². The molecule has 2 aromatic rings. The predicted octanol–water partition coefficient (Wildman–Crippen LogP) is 1.92. The summed E-state index contributed by atoms with van der Waals surface area (Å²) < 4.78 is 22.5. The van der Waals surface area contributed by atoms with Gasteiger partial charge < -0.3 is 0 Å². The maximum absolute atomic E-state index is 11.2. The van der Waals surface area contributed by atoms with E-state index in [0.29, 0.717) is 5.01 Å². The van der Waals surface area contributed by atoms with Crippen molar-refractivity contribution in [2.75, 3.05) is 6.26 Å². The molecule has 0 aliphatic heterocycles. The van der Waals surface area contributed by atoms with Crippen molar-refractivity contribution in [3.63, 3.8) is 0 Å². The number of benzene rings is 1. The van der Waals surface area contributed by atoms with Crippen molar-refractivity contribution >= 4 is 21.2 Å². The lowest BCUT2D eigenvalue weighted by molar-refractivity contribution is 0.600. The number of sulfone groups is 1. The smallest absolute Gasteiger partial charge is 0.221 e. The molecule has 0 saturated heterocycles. The summed E-state index contributed by atoms with van der Waals surface area (Å²) in [6.45, 7) is 1.99. The first kappa shape index (κ1) is 11.2. The van der Waals surface area contributed by atoms with Crippen molar-refractivity contribution in [3.8, 4) is 10.6 Å². The second kappa shape index (κ2) is 3.95. The molecular formula is C10H10N2O2S2. The zero-order chi connectivity index (χ0) is 11.8. The minimum Gasteiger partial charge on any atom is -0.221 e. The first-order chi connectivity index (χ1) is 7.47. The van der Waals surface area contributed by atoms with E-state index in [-0.39, 0.29) is 4.34 Å². The summed E-state index contributed by atoms with van der Waals surface area (Å²) in [5.41, 5.74) is 2.04. The van der Waals surface area contributed by atoms with Crippen LogP contribution in [0.4, 0.5) is 0 Å². The van der Waals surface area contributed by atoms with Gasteiger partial charge in [0.25, 0.3) is 0 Å². The molecule has 4 nitrogen and oxygen atoms in total. The molecule has 2 rings (SSSR count). The van der Waals surface area contributed by atoms with Crippen LogP contribution in [-0.4, -0.2) is 24.9 Å². The van der Waals surface area contributed by atoms with Crippen LogP contribution >= 0.6 is 11.3 Å². The van der Waals surface area contributed by atoms with E-state index in [2.05, 4.69) is 10.2 Å². The van der Waals surface area contributed by atoms with Crippen molar-refractivity contribution < 1.29 is 8.42 Å². The average molecular weight is 254 g/mol. The second-order valence-electron chi connectivity index (χ2n) is 3.51. The van der Waals surface area contributed by atoms with Crippen molar-refractivity contribution in [3.05, 3.63) is 29.8 Å². The van der Waals surface area contributed by atoms with Gasteiger partial charge in [-0.3, -0.25) is 0 Å². The van der Waals surface area contributed by atoms with E-state index >= 15 is 0 Å². The number of hydrogen-bond acceptors (Lipinski definition) is 5. The third kappa shape index (κ3) is 2.28. The van der Waals surface area contributed by atoms with E-state index in [1.54, 1.807) is 0 Å². The summed E-state index contributed by atoms with van der Waals surface area (Å²) in [6, 6.07) is 7.72. The Labute approximate surface area is 97.9 Å². The third-order valence-corrected chi connectivity index (χ3v) is 4.66. The summed E-state index contributed by atoms with van der Waals surface area (Å²) in [7, 11) is -3.25. The lowest BCUT2D eigenvalue weighted by Gasteiger charge is -1.95. The van der Waals surface area contributed by atoms with Crippen LogP contribution in [0.25, 0.3) is 10.6 Å². The molecule has 0 radical (unpaired) electrons. The molecule has 0 unspecified atom stereocenters. The first-order valence-electron chi connectivity index (χ1n) is 4.57. The quantitative estimate of drug-likeness (QED) is 0.821. The largest absolute Gasteiger partial charge is 0.232 e. The monoisotopic (exact) mass is 254 g/mol. The molecule has 0 atom stereocenters. The van der Waals surface area contributed by atoms with Gasteiger partial charge in [0.15, 0.2) is 0 Å². The molecule has 0 bridgehead atoms. The van der Waals surface area contributed by atoms with Gasteiger partial charge in [-0.25, -0.2) is 8.42 Å². The van der Waals surface area contributed by atoms with Crippen molar-refractivity contribution in [2.45, 2.75) is 11.3 Å². The van der Waals surface area contributed by atoms with Gasteiger partial charge in [-0.1, -0.05) is 41.2 Å². The summed E-state index contributed by atoms with van der Waals surface area (Å²) in [5.74, 6) is 0. The second-order valence-corrected chi connectivity index (χ2v) is 6.68. The SMILES string of the molecule is Cc1ccc(-c2nnc(S(C)(=O)=O)s2)cc1. The molecule has 0 spiro atoms. The highest BCUT2D eigenvalue weighted by atomic mass is 32.2. The van der Waals surface area contributed by atoms with Gasteiger partial charge in [0.1, 0.15) is 5.01 Å². The van der Waals surface area contributed by atoms with Gasteiger partial charge in [-0.15, -0.1) is 10.2 Å². The molecule has 0 fully saturated rings. The zero-order valence-electron chi connectivity index (χ0n) is 8.84. The van der Waals surface area contributed by atoms with Gasteiger partial charge in [-0.05, 0) is 6.92 Å². The Kier molecular flexibility index (Phi) is 2.77. The lowest BCUT2D eigenvalue weighted by atomic mass is 10.2. The first-order valence-corrected chi connectivity index (χ1v) is 7.28. The molecule has 0 saturated carbocycles. The highest BCUT2D eigenvalue weighted by Crippen LogP contribution is 2.25. The van der Waals surface area contributed by atoms with Gasteiger partial charge >= 0.3 is 0 Å². The zero-order valence-corrected chi connectivity index (χ0v) is 10.5. The van der Waals surface area contributed by atoms with Gasteiger partial charge in [0.2, 0.25) is 14.2 Å². The van der Waals surface area contributed by atoms with Crippen molar-refractivity contribution in [2.24, 2.45) is 0 Å². The van der Waals surface area contributed by atoms with Crippen LogP contribution in [0.5, 0.6) is 0 Å². The molecule has 0 aliphatic carbocycles. The molecule has 0 N–H and O–H groups in total. The standard InChI is InChI=1S/C10H10N2O2S2/c1-7-3-5-8(6-4-7)9-11-12-10(15-9)16(2,13)14/h3-6H,1-2H3. The van der Waals surface area contributed by atoms with Gasteiger partial charge in [0, 0.05) is 11.8 Å². The number of rotatable bonds is 2. The van der Waals surface area contributed by atoms with Crippen LogP contribution < -0.4 is 0 Å². The maximum Gasteiger partial charge on any atom is 0.232 e. The maximum atomic E-state index is 11.2. The van der Waals surface area contributed by atoms with Crippen molar-refractivity contribution in [1.82, 2.24) is 10.2 Å². The Morgan fingerprint density at radius 3 is 2.25 bits per heavy atom. The molecule has 0 aliphatic rings. The summed E-state index contributed by atoms with van der Waals surface area (Å²) in [6.07, 6.45) is 1.13. The lowest BCUT2D eigenvalue weighted by Crippen LogP contribution is -1.95. The molecule has 0 amide bonds. The fourth-order valence-electron chi connectivity index (χ4n) is 1.17. The van der Waals surface area contributed by atoms with Crippen LogP contribution in [0.2, 0.25) is 0 Å². The highest BCUT2D eigenvalue weighted by molar-refractivity contribution is 7.92. The number of aromatic nitrogens is 2. The Balaban J connectivity index is 2.43. The number of nitrogens with zero attached hydrogens (tertiary/aromatic N) is 2. The van der Waals surface area contributed by atoms with Crippen molar-refractivity contribution in [1.29, 1.82) is 0 Å².